The van der Waals surface area contributed by atoms with Crippen molar-refractivity contribution < 1.29 is 14.4 Å². The zero-order valence-electron chi connectivity index (χ0n) is 10.5. The van der Waals surface area contributed by atoms with Crippen molar-refractivity contribution >= 4 is 17.7 Å². The van der Waals surface area contributed by atoms with Crippen molar-refractivity contribution in [1.29, 1.82) is 0 Å². The van der Waals surface area contributed by atoms with Gasteiger partial charge in [0.05, 0.1) is 0 Å². The fraction of sp³-hybridized carbons (Fsp3) is 0.769. The Morgan fingerprint density at radius 2 is 1.94 bits per heavy atom. The summed E-state index contributed by atoms with van der Waals surface area (Å²) in [6, 6.07) is -0.466. The van der Waals surface area contributed by atoms with E-state index in [1.165, 1.54) is 11.3 Å². The summed E-state index contributed by atoms with van der Waals surface area (Å²) in [4.78, 5) is 37.0. The fourth-order valence-electron chi connectivity index (χ4n) is 3.45. The van der Waals surface area contributed by atoms with E-state index in [-0.39, 0.29) is 30.2 Å². The maximum absolute atomic E-state index is 12.4. The molecule has 0 aromatic heterocycles. The van der Waals surface area contributed by atoms with E-state index in [0.717, 1.165) is 24.7 Å². The molecular weight excluding hydrogens is 232 g/mol. The maximum Gasteiger partial charge on any atom is 0.249 e. The lowest BCUT2D eigenvalue weighted by molar-refractivity contribution is -0.152. The van der Waals surface area contributed by atoms with Crippen molar-refractivity contribution in [3.63, 3.8) is 0 Å². The lowest BCUT2D eigenvalue weighted by atomic mass is 9.99. The highest BCUT2D eigenvalue weighted by Gasteiger charge is 2.50. The average molecular weight is 250 g/mol. The van der Waals surface area contributed by atoms with Crippen LogP contribution in [-0.2, 0) is 14.4 Å². The molecule has 0 aromatic carbocycles. The Bertz CT molecular complexity index is 410. The van der Waals surface area contributed by atoms with Gasteiger partial charge in [0.1, 0.15) is 12.6 Å². The summed E-state index contributed by atoms with van der Waals surface area (Å²) in [5, 5.41) is 2.30. The Labute approximate surface area is 106 Å². The Morgan fingerprint density at radius 3 is 2.56 bits per heavy atom. The van der Waals surface area contributed by atoms with E-state index >= 15 is 0 Å². The Kier molecular flexibility index (Phi) is 2.64. The molecule has 0 radical (unpaired) electrons. The molecule has 98 valence electrons. The molecule has 3 rings (SSSR count). The van der Waals surface area contributed by atoms with Gasteiger partial charge in [0.25, 0.3) is 0 Å². The number of imide groups is 1. The largest absolute Gasteiger partial charge is 0.321 e. The minimum Gasteiger partial charge on any atom is -0.321 e. The van der Waals surface area contributed by atoms with Crippen LogP contribution in [0.1, 0.15) is 32.6 Å². The second-order valence-corrected chi connectivity index (χ2v) is 5.73. The molecule has 3 atom stereocenters. The minimum absolute atomic E-state index is 0.0113. The number of nitrogens with zero attached hydrogens (tertiary/aromatic N) is 1. The van der Waals surface area contributed by atoms with Crippen LogP contribution in [0.4, 0.5) is 0 Å². The quantitative estimate of drug-likeness (QED) is 0.717. The van der Waals surface area contributed by atoms with Crippen LogP contribution in [0.25, 0.3) is 0 Å². The molecule has 0 aromatic rings. The van der Waals surface area contributed by atoms with Gasteiger partial charge in [-0.2, -0.15) is 0 Å². The monoisotopic (exact) mass is 250 g/mol. The molecule has 5 heteroatoms. The molecule has 0 spiro atoms. The van der Waals surface area contributed by atoms with E-state index in [1.54, 1.807) is 0 Å². The lowest BCUT2D eigenvalue weighted by Crippen LogP contribution is -2.60. The van der Waals surface area contributed by atoms with Gasteiger partial charge in [-0.3, -0.25) is 19.7 Å². The van der Waals surface area contributed by atoms with Crippen LogP contribution >= 0.6 is 0 Å². The molecule has 5 nitrogen and oxygen atoms in total. The first kappa shape index (κ1) is 11.7. The first-order chi connectivity index (χ1) is 8.60. The predicted molar refractivity (Wildman–Crippen MR) is 63.3 cm³/mol. The van der Waals surface area contributed by atoms with Crippen LogP contribution < -0.4 is 5.32 Å². The zero-order chi connectivity index (χ0) is 12.9. The molecule has 2 aliphatic carbocycles. The molecule has 0 bridgehead atoms. The van der Waals surface area contributed by atoms with Crippen LogP contribution in [0.5, 0.6) is 0 Å². The van der Waals surface area contributed by atoms with Gasteiger partial charge in [-0.15, -0.1) is 0 Å². The summed E-state index contributed by atoms with van der Waals surface area (Å²) in [5.41, 5.74) is 0. The summed E-state index contributed by atoms with van der Waals surface area (Å²) >= 11 is 0. The second kappa shape index (κ2) is 4.07. The molecule has 1 saturated heterocycles. The number of carbonyl (C=O) groups excluding carboxylic acids is 3. The SMILES string of the molecule is CCC1C(=O)NC(=O)CN1C(=O)C1CC2CC2C1. The summed E-state index contributed by atoms with van der Waals surface area (Å²) < 4.78 is 0. The molecule has 2 saturated carbocycles. The fourth-order valence-corrected chi connectivity index (χ4v) is 3.45. The molecule has 18 heavy (non-hydrogen) atoms. The van der Waals surface area contributed by atoms with Gasteiger partial charge >= 0.3 is 0 Å². The number of hydrogen-bond acceptors (Lipinski definition) is 3. The van der Waals surface area contributed by atoms with Crippen molar-refractivity contribution in [2.24, 2.45) is 17.8 Å². The molecule has 3 fully saturated rings. The minimum atomic E-state index is -0.466. The summed E-state index contributed by atoms with van der Waals surface area (Å²) in [5.74, 6) is 0.826. The summed E-state index contributed by atoms with van der Waals surface area (Å²) in [6.45, 7) is 1.90. The molecule has 1 heterocycles. The van der Waals surface area contributed by atoms with Crippen molar-refractivity contribution in [3.05, 3.63) is 0 Å². The molecule has 3 amide bonds. The first-order valence-corrected chi connectivity index (χ1v) is 6.74. The van der Waals surface area contributed by atoms with Gasteiger partial charge in [0.15, 0.2) is 0 Å². The normalized spacial score (nSPS) is 38.4. The van der Waals surface area contributed by atoms with Crippen molar-refractivity contribution in [2.75, 3.05) is 6.54 Å². The van der Waals surface area contributed by atoms with Crippen molar-refractivity contribution in [3.8, 4) is 0 Å². The topological polar surface area (TPSA) is 66.5 Å². The third-order valence-corrected chi connectivity index (χ3v) is 4.52. The summed E-state index contributed by atoms with van der Waals surface area (Å²) in [6.07, 6.45) is 3.73. The Hall–Kier alpha value is -1.39. The number of amides is 3. The number of carbonyl (C=O) groups is 3. The number of piperazine rings is 1. The van der Waals surface area contributed by atoms with Crippen LogP contribution in [-0.4, -0.2) is 35.2 Å². The molecule has 3 unspecified atom stereocenters. The van der Waals surface area contributed by atoms with E-state index in [1.807, 2.05) is 6.92 Å². The van der Waals surface area contributed by atoms with E-state index in [2.05, 4.69) is 5.32 Å². The van der Waals surface area contributed by atoms with E-state index in [9.17, 15) is 14.4 Å². The molecule has 1 aliphatic heterocycles. The van der Waals surface area contributed by atoms with Gasteiger partial charge in [0, 0.05) is 5.92 Å². The van der Waals surface area contributed by atoms with Crippen LogP contribution in [0.2, 0.25) is 0 Å². The second-order valence-electron chi connectivity index (χ2n) is 5.73. The first-order valence-electron chi connectivity index (χ1n) is 6.74. The van der Waals surface area contributed by atoms with Crippen molar-refractivity contribution in [1.82, 2.24) is 10.2 Å². The predicted octanol–water partition coefficient (Wildman–Crippen LogP) is 0.296. The third-order valence-electron chi connectivity index (χ3n) is 4.52. The average Bonchev–Trinajstić information content (AvgIpc) is 2.94. The highest BCUT2D eigenvalue weighted by molar-refractivity contribution is 6.04. The molecule has 1 N–H and O–H groups in total. The van der Waals surface area contributed by atoms with Crippen LogP contribution in [0.15, 0.2) is 0 Å². The van der Waals surface area contributed by atoms with Gasteiger partial charge in [0.2, 0.25) is 17.7 Å². The smallest absolute Gasteiger partial charge is 0.249 e. The van der Waals surface area contributed by atoms with Gasteiger partial charge in [-0.1, -0.05) is 6.92 Å². The van der Waals surface area contributed by atoms with Crippen molar-refractivity contribution in [2.45, 2.75) is 38.6 Å². The van der Waals surface area contributed by atoms with Gasteiger partial charge in [-0.05, 0) is 37.5 Å². The van der Waals surface area contributed by atoms with Gasteiger partial charge < -0.3 is 4.90 Å². The van der Waals surface area contributed by atoms with E-state index < -0.39 is 6.04 Å². The number of nitrogens with one attached hydrogen (secondary N) is 1. The number of rotatable bonds is 2. The zero-order valence-corrected chi connectivity index (χ0v) is 10.5. The number of fused-ring (bicyclic) bond motifs is 1. The number of hydrogen-bond donors (Lipinski definition) is 1. The standard InChI is InChI=1S/C13H18N2O3/c1-2-10-12(17)14-11(16)6-15(10)13(18)9-4-7-3-8(7)5-9/h7-10H,2-6H2,1H3,(H,14,16,17). The third kappa shape index (κ3) is 1.82. The molecular formula is C13H18N2O3. The van der Waals surface area contributed by atoms with Crippen LogP contribution in [0, 0.1) is 17.8 Å². The highest BCUT2D eigenvalue weighted by atomic mass is 16.2. The Morgan fingerprint density at radius 1 is 1.28 bits per heavy atom. The van der Waals surface area contributed by atoms with E-state index in [4.69, 9.17) is 0 Å². The lowest BCUT2D eigenvalue weighted by Gasteiger charge is -2.35. The van der Waals surface area contributed by atoms with Gasteiger partial charge in [-0.25, -0.2) is 0 Å². The molecule has 3 aliphatic rings. The van der Waals surface area contributed by atoms with Crippen LogP contribution in [0.3, 0.4) is 0 Å². The summed E-state index contributed by atoms with van der Waals surface area (Å²) in [7, 11) is 0. The highest BCUT2D eigenvalue weighted by Crippen LogP contribution is 2.54. The van der Waals surface area contributed by atoms with E-state index in [0.29, 0.717) is 6.42 Å². The Balaban J connectivity index is 1.73. The maximum atomic E-state index is 12.4.